The number of carbonyl (C=O) groups is 2. The summed E-state index contributed by atoms with van der Waals surface area (Å²) in [6.45, 7) is 6.95. The van der Waals surface area contributed by atoms with Gasteiger partial charge in [0.1, 0.15) is 11.8 Å². The molecule has 1 aliphatic rings. The third-order valence-corrected chi connectivity index (χ3v) is 6.03. The van der Waals surface area contributed by atoms with Crippen LogP contribution in [0, 0.1) is 0 Å². The van der Waals surface area contributed by atoms with E-state index in [-0.39, 0.29) is 17.9 Å². The number of hydrogen-bond acceptors (Lipinski definition) is 4. The number of furan rings is 1. The van der Waals surface area contributed by atoms with Crippen molar-refractivity contribution in [3.05, 3.63) is 58.5 Å². The Morgan fingerprint density at radius 3 is 2.59 bits per heavy atom. The highest BCUT2D eigenvalue weighted by atomic mass is 79.9. The normalized spacial score (nSPS) is 17.5. The van der Waals surface area contributed by atoms with Crippen LogP contribution in [-0.2, 0) is 4.79 Å². The molecule has 0 bridgehead atoms. The summed E-state index contributed by atoms with van der Waals surface area (Å²) in [5.41, 5.74) is 0.601. The predicted molar refractivity (Wildman–Crippen MR) is 116 cm³/mol. The Kier molecular flexibility index (Phi) is 7.50. The van der Waals surface area contributed by atoms with Crippen molar-refractivity contribution in [1.82, 2.24) is 15.1 Å². The Hall–Kier alpha value is -2.12. The number of hydrogen-bond donors (Lipinski definition) is 1. The fourth-order valence-electron chi connectivity index (χ4n) is 3.91. The van der Waals surface area contributed by atoms with E-state index in [1.54, 1.807) is 23.3 Å². The number of likely N-dealkylation sites (N-methyl/N-ethyl adjacent to an activating group) is 1. The van der Waals surface area contributed by atoms with Crippen molar-refractivity contribution in [1.29, 1.82) is 0 Å². The van der Waals surface area contributed by atoms with E-state index in [1.807, 2.05) is 24.3 Å². The average Bonchev–Trinajstić information content (AvgIpc) is 3.43. The largest absolute Gasteiger partial charge is 0.468 e. The highest BCUT2D eigenvalue weighted by Crippen LogP contribution is 2.23. The number of amides is 2. The zero-order chi connectivity index (χ0) is 20.8. The summed E-state index contributed by atoms with van der Waals surface area (Å²) < 4.78 is 6.52. The molecule has 1 aliphatic heterocycles. The highest BCUT2D eigenvalue weighted by Gasteiger charge is 2.35. The minimum atomic E-state index is -0.430. The lowest BCUT2D eigenvalue weighted by molar-refractivity contribution is -0.125. The van der Waals surface area contributed by atoms with Gasteiger partial charge >= 0.3 is 0 Å². The van der Waals surface area contributed by atoms with Crippen molar-refractivity contribution in [2.24, 2.45) is 0 Å². The summed E-state index contributed by atoms with van der Waals surface area (Å²) in [6.07, 6.45) is 3.17. The smallest absolute Gasteiger partial charge is 0.254 e. The molecule has 6 nitrogen and oxygen atoms in total. The minimum Gasteiger partial charge on any atom is -0.468 e. The van der Waals surface area contributed by atoms with Crippen LogP contribution in [0.4, 0.5) is 0 Å². The van der Waals surface area contributed by atoms with Crippen molar-refractivity contribution in [3.63, 3.8) is 0 Å². The second-order valence-electron chi connectivity index (χ2n) is 7.16. The first kappa shape index (κ1) is 21.6. The number of nitrogens with zero attached hydrogens (tertiary/aromatic N) is 2. The van der Waals surface area contributed by atoms with E-state index in [4.69, 9.17) is 4.42 Å². The third-order valence-electron chi connectivity index (χ3n) is 5.50. The fourth-order valence-corrected chi connectivity index (χ4v) is 4.17. The molecule has 1 fully saturated rings. The summed E-state index contributed by atoms with van der Waals surface area (Å²) in [6, 6.07) is 10.6. The van der Waals surface area contributed by atoms with Gasteiger partial charge in [-0.05, 0) is 62.3 Å². The molecule has 29 heavy (non-hydrogen) atoms. The molecule has 0 aliphatic carbocycles. The number of carbonyl (C=O) groups excluding carboxylic acids is 2. The van der Waals surface area contributed by atoms with E-state index < -0.39 is 6.04 Å². The van der Waals surface area contributed by atoms with Gasteiger partial charge in [0.2, 0.25) is 5.91 Å². The fraction of sp³-hybridized carbons (Fsp3) is 0.455. The Morgan fingerprint density at radius 1 is 1.24 bits per heavy atom. The number of halogens is 1. The van der Waals surface area contributed by atoms with E-state index >= 15 is 0 Å². The zero-order valence-electron chi connectivity index (χ0n) is 16.9. The predicted octanol–water partition coefficient (Wildman–Crippen LogP) is 3.85. The molecule has 1 aromatic heterocycles. The quantitative estimate of drug-likeness (QED) is 0.648. The third kappa shape index (κ3) is 5.08. The van der Waals surface area contributed by atoms with E-state index in [2.05, 4.69) is 40.0 Å². The van der Waals surface area contributed by atoms with Gasteiger partial charge in [0.05, 0.1) is 12.3 Å². The molecule has 1 aromatic carbocycles. The van der Waals surface area contributed by atoms with Crippen LogP contribution in [0.3, 0.4) is 0 Å². The second-order valence-corrected chi connectivity index (χ2v) is 8.08. The molecule has 2 amide bonds. The van der Waals surface area contributed by atoms with Crippen molar-refractivity contribution in [3.8, 4) is 0 Å². The first-order valence-corrected chi connectivity index (χ1v) is 11.0. The maximum Gasteiger partial charge on any atom is 0.254 e. The first-order valence-electron chi connectivity index (χ1n) is 10.2. The van der Waals surface area contributed by atoms with Gasteiger partial charge in [0.25, 0.3) is 5.91 Å². The van der Waals surface area contributed by atoms with Crippen LogP contribution in [0.1, 0.15) is 48.8 Å². The van der Waals surface area contributed by atoms with Gasteiger partial charge in [0, 0.05) is 23.1 Å². The Labute approximate surface area is 180 Å². The Bertz CT molecular complexity index is 803. The number of likely N-dealkylation sites (tertiary alicyclic amines) is 1. The van der Waals surface area contributed by atoms with E-state index in [0.717, 1.165) is 29.7 Å². The van der Waals surface area contributed by atoms with Gasteiger partial charge in [0.15, 0.2) is 0 Å². The second kappa shape index (κ2) is 10.1. The average molecular weight is 462 g/mol. The maximum atomic E-state index is 13.0. The van der Waals surface area contributed by atoms with Crippen LogP contribution in [0.15, 0.2) is 51.6 Å². The van der Waals surface area contributed by atoms with Crippen molar-refractivity contribution in [2.75, 3.05) is 26.2 Å². The van der Waals surface area contributed by atoms with Crippen molar-refractivity contribution in [2.45, 2.75) is 38.8 Å². The maximum absolute atomic E-state index is 13.0. The summed E-state index contributed by atoms with van der Waals surface area (Å²) in [5.74, 6) is 0.640. The lowest BCUT2D eigenvalue weighted by atomic mass is 10.1. The molecule has 156 valence electrons. The molecular formula is C22H28BrN3O3. The van der Waals surface area contributed by atoms with Gasteiger partial charge in [-0.3, -0.25) is 14.5 Å². The molecule has 0 spiro atoms. The summed E-state index contributed by atoms with van der Waals surface area (Å²) in [7, 11) is 0. The van der Waals surface area contributed by atoms with Crippen LogP contribution in [0.25, 0.3) is 0 Å². The van der Waals surface area contributed by atoms with Gasteiger partial charge in [-0.1, -0.05) is 29.8 Å². The first-order chi connectivity index (χ1) is 14.0. The van der Waals surface area contributed by atoms with E-state index in [0.29, 0.717) is 25.1 Å². The molecule has 7 heteroatoms. The van der Waals surface area contributed by atoms with Crippen LogP contribution in [0.5, 0.6) is 0 Å². The standard InChI is InChI=1S/C22H28BrN3O3/c1-3-25(4-2)19(20-8-6-14-29-20)15-24-21(27)18-7-5-13-26(18)22(28)16-9-11-17(23)12-10-16/h6,8-12,14,18-19H,3-5,7,13,15H2,1-2H3,(H,24,27). The van der Waals surface area contributed by atoms with Crippen LogP contribution in [-0.4, -0.2) is 53.8 Å². The monoisotopic (exact) mass is 461 g/mol. The van der Waals surface area contributed by atoms with Crippen molar-refractivity contribution >= 4 is 27.7 Å². The Morgan fingerprint density at radius 2 is 1.97 bits per heavy atom. The van der Waals surface area contributed by atoms with Crippen molar-refractivity contribution < 1.29 is 14.0 Å². The zero-order valence-corrected chi connectivity index (χ0v) is 18.5. The van der Waals surface area contributed by atoms with Gasteiger partial charge in [-0.15, -0.1) is 0 Å². The molecule has 2 unspecified atom stereocenters. The molecule has 0 radical (unpaired) electrons. The topological polar surface area (TPSA) is 65.8 Å². The van der Waals surface area contributed by atoms with Crippen LogP contribution < -0.4 is 5.32 Å². The molecule has 0 saturated carbocycles. The molecular weight excluding hydrogens is 434 g/mol. The van der Waals surface area contributed by atoms with Gasteiger partial charge in [-0.2, -0.15) is 0 Å². The molecule has 1 N–H and O–H groups in total. The number of nitrogens with one attached hydrogen (secondary N) is 1. The van der Waals surface area contributed by atoms with Gasteiger partial charge in [-0.25, -0.2) is 0 Å². The lowest BCUT2D eigenvalue weighted by Crippen LogP contribution is -2.48. The Balaban J connectivity index is 1.67. The SMILES string of the molecule is CCN(CC)C(CNC(=O)C1CCCN1C(=O)c1ccc(Br)cc1)c1ccco1. The van der Waals surface area contributed by atoms with E-state index in [9.17, 15) is 9.59 Å². The molecule has 2 heterocycles. The molecule has 2 aromatic rings. The molecule has 2 atom stereocenters. The van der Waals surface area contributed by atoms with E-state index in [1.165, 1.54) is 0 Å². The minimum absolute atomic E-state index is 0.0269. The molecule has 1 saturated heterocycles. The molecule has 3 rings (SSSR count). The van der Waals surface area contributed by atoms with Gasteiger partial charge < -0.3 is 14.6 Å². The van der Waals surface area contributed by atoms with Crippen LogP contribution >= 0.6 is 15.9 Å². The van der Waals surface area contributed by atoms with Crippen LogP contribution in [0.2, 0.25) is 0 Å². The highest BCUT2D eigenvalue weighted by molar-refractivity contribution is 9.10. The lowest BCUT2D eigenvalue weighted by Gasteiger charge is -2.29. The summed E-state index contributed by atoms with van der Waals surface area (Å²) in [4.78, 5) is 29.8. The number of rotatable bonds is 8. The summed E-state index contributed by atoms with van der Waals surface area (Å²) in [5, 5.41) is 3.07. The summed E-state index contributed by atoms with van der Waals surface area (Å²) >= 11 is 3.39. The number of benzene rings is 1.